The minimum absolute atomic E-state index is 0.404. The molecule has 0 spiro atoms. The van der Waals surface area contributed by atoms with Crippen LogP contribution in [0, 0.1) is 5.92 Å². The normalized spacial score (nSPS) is 23.1. The van der Waals surface area contributed by atoms with Crippen molar-refractivity contribution in [1.82, 2.24) is 0 Å². The zero-order valence-electron chi connectivity index (χ0n) is 13.9. The number of rotatable bonds is 9. The SMILES string of the molecule is C=CC[C@H]1CCC[C@@H](CC[C@H](C)COCc2ccccc2)O1. The molecule has 0 radical (unpaired) electrons. The first-order valence-corrected chi connectivity index (χ1v) is 8.66. The third-order valence-corrected chi connectivity index (χ3v) is 4.36. The second-order valence-electron chi connectivity index (χ2n) is 6.52. The molecule has 1 aromatic rings. The summed E-state index contributed by atoms with van der Waals surface area (Å²) in [5.41, 5.74) is 1.25. The van der Waals surface area contributed by atoms with Crippen molar-refractivity contribution in [2.75, 3.05) is 6.61 Å². The molecular weight excluding hydrogens is 272 g/mol. The van der Waals surface area contributed by atoms with Crippen LogP contribution in [0.15, 0.2) is 43.0 Å². The van der Waals surface area contributed by atoms with Gasteiger partial charge in [-0.3, -0.25) is 0 Å². The third-order valence-electron chi connectivity index (χ3n) is 4.36. The van der Waals surface area contributed by atoms with Crippen LogP contribution in [0.1, 0.15) is 51.0 Å². The second-order valence-corrected chi connectivity index (χ2v) is 6.52. The summed E-state index contributed by atoms with van der Waals surface area (Å²) in [5.74, 6) is 0.590. The lowest BCUT2D eigenvalue weighted by Crippen LogP contribution is -2.27. The van der Waals surface area contributed by atoms with Gasteiger partial charge in [-0.05, 0) is 50.0 Å². The molecule has 0 N–H and O–H groups in total. The maximum Gasteiger partial charge on any atom is 0.0717 e. The number of benzene rings is 1. The molecule has 0 amide bonds. The zero-order valence-corrected chi connectivity index (χ0v) is 13.9. The van der Waals surface area contributed by atoms with Crippen LogP contribution in [-0.4, -0.2) is 18.8 Å². The minimum Gasteiger partial charge on any atom is -0.376 e. The predicted molar refractivity (Wildman–Crippen MR) is 91.8 cm³/mol. The monoisotopic (exact) mass is 302 g/mol. The molecular formula is C20H30O2. The van der Waals surface area contributed by atoms with Crippen molar-refractivity contribution in [1.29, 1.82) is 0 Å². The summed E-state index contributed by atoms with van der Waals surface area (Å²) >= 11 is 0. The molecule has 0 unspecified atom stereocenters. The van der Waals surface area contributed by atoms with Crippen LogP contribution in [0.2, 0.25) is 0 Å². The summed E-state index contributed by atoms with van der Waals surface area (Å²) in [6.07, 6.45) is 9.85. The van der Waals surface area contributed by atoms with Gasteiger partial charge in [0.05, 0.1) is 18.8 Å². The van der Waals surface area contributed by atoms with E-state index < -0.39 is 0 Å². The molecule has 2 rings (SSSR count). The topological polar surface area (TPSA) is 18.5 Å². The summed E-state index contributed by atoms with van der Waals surface area (Å²) in [5, 5.41) is 0. The Labute approximate surface area is 135 Å². The molecule has 0 aliphatic carbocycles. The highest BCUT2D eigenvalue weighted by Gasteiger charge is 2.21. The van der Waals surface area contributed by atoms with Crippen molar-refractivity contribution >= 4 is 0 Å². The van der Waals surface area contributed by atoms with E-state index in [-0.39, 0.29) is 0 Å². The van der Waals surface area contributed by atoms with Gasteiger partial charge in [0.25, 0.3) is 0 Å². The lowest BCUT2D eigenvalue weighted by atomic mass is 9.96. The van der Waals surface area contributed by atoms with Gasteiger partial charge in [0, 0.05) is 6.61 Å². The van der Waals surface area contributed by atoms with E-state index in [1.165, 1.54) is 31.2 Å². The Bertz CT molecular complexity index is 415. The van der Waals surface area contributed by atoms with Gasteiger partial charge in [0.2, 0.25) is 0 Å². The van der Waals surface area contributed by atoms with Crippen molar-refractivity contribution in [2.45, 2.75) is 64.3 Å². The van der Waals surface area contributed by atoms with Gasteiger partial charge < -0.3 is 9.47 Å². The molecule has 1 saturated heterocycles. The maximum absolute atomic E-state index is 6.14. The van der Waals surface area contributed by atoms with E-state index in [2.05, 4.69) is 37.8 Å². The molecule has 122 valence electrons. The summed E-state index contributed by atoms with van der Waals surface area (Å²) in [4.78, 5) is 0. The lowest BCUT2D eigenvalue weighted by Gasteiger charge is -2.30. The van der Waals surface area contributed by atoms with Gasteiger partial charge in [-0.2, -0.15) is 0 Å². The molecule has 1 aliphatic heterocycles. The first-order valence-electron chi connectivity index (χ1n) is 8.66. The summed E-state index contributed by atoms with van der Waals surface area (Å²) in [6.45, 7) is 7.63. The highest BCUT2D eigenvalue weighted by atomic mass is 16.5. The number of hydrogen-bond donors (Lipinski definition) is 0. The summed E-state index contributed by atoms with van der Waals surface area (Å²) in [6, 6.07) is 10.4. The van der Waals surface area contributed by atoms with E-state index in [9.17, 15) is 0 Å². The van der Waals surface area contributed by atoms with Crippen molar-refractivity contribution in [2.24, 2.45) is 5.92 Å². The van der Waals surface area contributed by atoms with Crippen LogP contribution in [0.5, 0.6) is 0 Å². The number of ether oxygens (including phenoxy) is 2. The molecule has 22 heavy (non-hydrogen) atoms. The van der Waals surface area contributed by atoms with Crippen LogP contribution < -0.4 is 0 Å². The van der Waals surface area contributed by atoms with Gasteiger partial charge >= 0.3 is 0 Å². The van der Waals surface area contributed by atoms with Crippen LogP contribution in [-0.2, 0) is 16.1 Å². The average molecular weight is 302 g/mol. The second kappa shape index (κ2) is 9.81. The lowest BCUT2D eigenvalue weighted by molar-refractivity contribution is -0.0542. The molecule has 1 fully saturated rings. The van der Waals surface area contributed by atoms with Gasteiger partial charge in [0.15, 0.2) is 0 Å². The average Bonchev–Trinajstić information content (AvgIpc) is 2.55. The molecule has 1 heterocycles. The number of hydrogen-bond acceptors (Lipinski definition) is 2. The summed E-state index contributed by atoms with van der Waals surface area (Å²) in [7, 11) is 0. The Morgan fingerprint density at radius 1 is 1.27 bits per heavy atom. The van der Waals surface area contributed by atoms with E-state index in [0.717, 1.165) is 19.4 Å². The van der Waals surface area contributed by atoms with Crippen LogP contribution in [0.3, 0.4) is 0 Å². The Kier molecular flexibility index (Phi) is 7.68. The predicted octanol–water partition coefficient (Wildman–Crippen LogP) is 5.13. The van der Waals surface area contributed by atoms with Crippen molar-refractivity contribution in [3.63, 3.8) is 0 Å². The first kappa shape index (κ1) is 17.2. The van der Waals surface area contributed by atoms with Crippen LogP contribution in [0.4, 0.5) is 0 Å². The highest BCUT2D eigenvalue weighted by molar-refractivity contribution is 5.13. The van der Waals surface area contributed by atoms with E-state index in [1.54, 1.807) is 0 Å². The van der Waals surface area contributed by atoms with Crippen molar-refractivity contribution < 1.29 is 9.47 Å². The molecule has 2 nitrogen and oxygen atoms in total. The van der Waals surface area contributed by atoms with Crippen molar-refractivity contribution in [3.8, 4) is 0 Å². The first-order chi connectivity index (χ1) is 10.8. The Morgan fingerprint density at radius 2 is 2.05 bits per heavy atom. The molecule has 1 aromatic carbocycles. The van der Waals surface area contributed by atoms with Crippen LogP contribution >= 0.6 is 0 Å². The quantitative estimate of drug-likeness (QED) is 0.588. The van der Waals surface area contributed by atoms with E-state index >= 15 is 0 Å². The van der Waals surface area contributed by atoms with E-state index in [0.29, 0.717) is 24.7 Å². The summed E-state index contributed by atoms with van der Waals surface area (Å²) < 4.78 is 12.0. The van der Waals surface area contributed by atoms with Crippen molar-refractivity contribution in [3.05, 3.63) is 48.6 Å². The smallest absolute Gasteiger partial charge is 0.0717 e. The largest absolute Gasteiger partial charge is 0.376 e. The molecule has 0 saturated carbocycles. The molecule has 1 aliphatic rings. The van der Waals surface area contributed by atoms with E-state index in [1.807, 2.05) is 12.1 Å². The fourth-order valence-corrected chi connectivity index (χ4v) is 3.06. The van der Waals surface area contributed by atoms with Gasteiger partial charge in [-0.25, -0.2) is 0 Å². The maximum atomic E-state index is 6.14. The Hall–Kier alpha value is -1.12. The standard InChI is InChI=1S/C20H30O2/c1-3-8-19-11-7-12-20(22-19)14-13-17(2)15-21-16-18-9-5-4-6-10-18/h3-6,9-10,17,19-20H,1,7-8,11-16H2,2H3/t17-,19-,20-/m0/s1. The third kappa shape index (κ3) is 6.33. The van der Waals surface area contributed by atoms with Gasteiger partial charge in [-0.15, -0.1) is 6.58 Å². The van der Waals surface area contributed by atoms with E-state index in [4.69, 9.17) is 9.47 Å². The fourth-order valence-electron chi connectivity index (χ4n) is 3.06. The zero-order chi connectivity index (χ0) is 15.6. The molecule has 0 bridgehead atoms. The molecule has 2 heteroatoms. The van der Waals surface area contributed by atoms with Gasteiger partial charge in [-0.1, -0.05) is 43.3 Å². The van der Waals surface area contributed by atoms with Gasteiger partial charge in [0.1, 0.15) is 0 Å². The molecule has 3 atom stereocenters. The fraction of sp³-hybridized carbons (Fsp3) is 0.600. The van der Waals surface area contributed by atoms with Crippen LogP contribution in [0.25, 0.3) is 0 Å². The Morgan fingerprint density at radius 3 is 2.82 bits per heavy atom. The Balaban J connectivity index is 1.59. The minimum atomic E-state index is 0.404. The molecule has 0 aromatic heterocycles. The highest BCUT2D eigenvalue weighted by Crippen LogP contribution is 2.25.